The number of aryl methyl sites for hydroxylation is 3. The molecule has 0 aliphatic carbocycles. The topological polar surface area (TPSA) is 60.0 Å². The van der Waals surface area contributed by atoms with Crippen LogP contribution in [0.25, 0.3) is 0 Å². The van der Waals surface area contributed by atoms with E-state index in [9.17, 15) is 4.79 Å². The Morgan fingerprint density at radius 1 is 1.44 bits per heavy atom. The van der Waals surface area contributed by atoms with Crippen molar-refractivity contribution < 1.29 is 9.90 Å². The molecule has 5 nitrogen and oxygen atoms in total. The van der Waals surface area contributed by atoms with E-state index in [0.717, 1.165) is 30.0 Å². The molecule has 0 fully saturated rings. The molecule has 2 rings (SSSR count). The SMILES string of the molecule is Cc1cc(C(=O)O)c(C)n1CCc1ccnn1C. The van der Waals surface area contributed by atoms with Gasteiger partial charge in [0.15, 0.2) is 0 Å². The molecule has 0 aromatic carbocycles. The molecule has 2 heterocycles. The van der Waals surface area contributed by atoms with Crippen molar-refractivity contribution >= 4 is 5.97 Å². The molecule has 0 radical (unpaired) electrons. The van der Waals surface area contributed by atoms with Crippen LogP contribution in [0.15, 0.2) is 18.3 Å². The Hall–Kier alpha value is -2.04. The largest absolute Gasteiger partial charge is 0.478 e. The second kappa shape index (κ2) is 4.68. The van der Waals surface area contributed by atoms with Crippen LogP contribution in [-0.2, 0) is 20.0 Å². The number of hydrogen-bond acceptors (Lipinski definition) is 2. The highest BCUT2D eigenvalue weighted by Gasteiger charge is 2.14. The number of aromatic carboxylic acids is 1. The Labute approximate surface area is 106 Å². The summed E-state index contributed by atoms with van der Waals surface area (Å²) in [5.41, 5.74) is 3.31. The first-order valence-corrected chi connectivity index (χ1v) is 5.87. The first-order valence-electron chi connectivity index (χ1n) is 5.87. The highest BCUT2D eigenvalue weighted by atomic mass is 16.4. The number of hydrogen-bond donors (Lipinski definition) is 1. The summed E-state index contributed by atoms with van der Waals surface area (Å²) in [6.45, 7) is 4.55. The summed E-state index contributed by atoms with van der Waals surface area (Å²) in [5, 5.41) is 13.2. The molecule has 0 saturated carbocycles. The third kappa shape index (κ3) is 2.16. The number of carboxylic acid groups (broad SMARTS) is 1. The molecule has 96 valence electrons. The van der Waals surface area contributed by atoms with Gasteiger partial charge in [-0.1, -0.05) is 0 Å². The molecule has 0 aliphatic heterocycles. The lowest BCUT2D eigenvalue weighted by Crippen LogP contribution is -2.09. The summed E-state index contributed by atoms with van der Waals surface area (Å²) in [5.74, 6) is -0.866. The Morgan fingerprint density at radius 2 is 2.17 bits per heavy atom. The van der Waals surface area contributed by atoms with Crippen molar-refractivity contribution in [2.45, 2.75) is 26.8 Å². The van der Waals surface area contributed by atoms with Gasteiger partial charge in [0.1, 0.15) is 0 Å². The summed E-state index contributed by atoms with van der Waals surface area (Å²) >= 11 is 0. The van der Waals surface area contributed by atoms with Crippen molar-refractivity contribution in [2.24, 2.45) is 7.05 Å². The lowest BCUT2D eigenvalue weighted by atomic mass is 10.2. The van der Waals surface area contributed by atoms with Gasteiger partial charge in [0.25, 0.3) is 0 Å². The van der Waals surface area contributed by atoms with Gasteiger partial charge in [-0.05, 0) is 26.0 Å². The Morgan fingerprint density at radius 3 is 2.67 bits per heavy atom. The van der Waals surface area contributed by atoms with Crippen molar-refractivity contribution in [2.75, 3.05) is 0 Å². The van der Waals surface area contributed by atoms with Crippen LogP contribution in [0.1, 0.15) is 27.4 Å². The van der Waals surface area contributed by atoms with Crippen LogP contribution in [-0.4, -0.2) is 25.4 Å². The zero-order chi connectivity index (χ0) is 13.3. The molecule has 0 bridgehead atoms. The first kappa shape index (κ1) is 12.4. The second-order valence-electron chi connectivity index (χ2n) is 4.44. The van der Waals surface area contributed by atoms with E-state index in [0.29, 0.717) is 5.56 Å². The fraction of sp³-hybridized carbons (Fsp3) is 0.385. The van der Waals surface area contributed by atoms with Crippen molar-refractivity contribution in [1.82, 2.24) is 14.3 Å². The molecular formula is C13H17N3O2. The maximum absolute atomic E-state index is 11.0. The summed E-state index contributed by atoms with van der Waals surface area (Å²) < 4.78 is 3.88. The summed E-state index contributed by atoms with van der Waals surface area (Å²) in [6, 6.07) is 3.70. The molecule has 0 unspecified atom stereocenters. The molecule has 5 heteroatoms. The highest BCUT2D eigenvalue weighted by Crippen LogP contribution is 2.15. The van der Waals surface area contributed by atoms with Crippen molar-refractivity contribution in [1.29, 1.82) is 0 Å². The number of nitrogens with zero attached hydrogens (tertiary/aromatic N) is 3. The van der Waals surface area contributed by atoms with Crippen LogP contribution in [0.2, 0.25) is 0 Å². The van der Waals surface area contributed by atoms with E-state index in [4.69, 9.17) is 5.11 Å². The highest BCUT2D eigenvalue weighted by molar-refractivity contribution is 5.89. The van der Waals surface area contributed by atoms with E-state index in [2.05, 4.69) is 5.10 Å². The molecule has 1 N–H and O–H groups in total. The Kier molecular flexibility index (Phi) is 3.23. The quantitative estimate of drug-likeness (QED) is 0.895. The zero-order valence-electron chi connectivity index (χ0n) is 10.8. The number of rotatable bonds is 4. The van der Waals surface area contributed by atoms with Crippen LogP contribution in [0, 0.1) is 13.8 Å². The smallest absolute Gasteiger partial charge is 0.337 e. The van der Waals surface area contributed by atoms with Gasteiger partial charge in [0.2, 0.25) is 0 Å². The molecule has 2 aromatic heterocycles. The second-order valence-corrected chi connectivity index (χ2v) is 4.44. The van der Waals surface area contributed by atoms with Crippen LogP contribution >= 0.6 is 0 Å². The normalized spacial score (nSPS) is 10.8. The van der Waals surface area contributed by atoms with E-state index in [-0.39, 0.29) is 0 Å². The van der Waals surface area contributed by atoms with Crippen molar-refractivity contribution in [3.63, 3.8) is 0 Å². The summed E-state index contributed by atoms with van der Waals surface area (Å²) in [7, 11) is 1.91. The predicted molar refractivity (Wildman–Crippen MR) is 67.8 cm³/mol. The Bertz CT molecular complexity index is 581. The lowest BCUT2D eigenvalue weighted by molar-refractivity contribution is 0.0696. The van der Waals surface area contributed by atoms with Gasteiger partial charge in [-0.15, -0.1) is 0 Å². The minimum Gasteiger partial charge on any atom is -0.478 e. The van der Waals surface area contributed by atoms with Gasteiger partial charge in [0.05, 0.1) is 5.56 Å². The number of carboxylic acids is 1. The molecule has 2 aromatic rings. The van der Waals surface area contributed by atoms with Crippen LogP contribution < -0.4 is 0 Å². The van der Waals surface area contributed by atoms with Crippen LogP contribution in [0.5, 0.6) is 0 Å². The average Bonchev–Trinajstić information content (AvgIpc) is 2.82. The molecule has 0 atom stereocenters. The van der Waals surface area contributed by atoms with Gasteiger partial charge in [-0.25, -0.2) is 4.79 Å². The van der Waals surface area contributed by atoms with Gasteiger partial charge in [-0.3, -0.25) is 4.68 Å². The molecule has 0 amide bonds. The van der Waals surface area contributed by atoms with Crippen molar-refractivity contribution in [3.05, 3.63) is 41.0 Å². The van der Waals surface area contributed by atoms with E-state index in [1.165, 1.54) is 0 Å². The fourth-order valence-electron chi connectivity index (χ4n) is 2.23. The maximum atomic E-state index is 11.0. The third-order valence-electron chi connectivity index (χ3n) is 3.32. The van der Waals surface area contributed by atoms with Crippen LogP contribution in [0.4, 0.5) is 0 Å². The van der Waals surface area contributed by atoms with Gasteiger partial charge in [-0.2, -0.15) is 5.10 Å². The average molecular weight is 247 g/mol. The van der Waals surface area contributed by atoms with Crippen LogP contribution in [0.3, 0.4) is 0 Å². The zero-order valence-corrected chi connectivity index (χ0v) is 10.8. The standard InChI is InChI=1S/C13H17N3O2/c1-9-8-12(13(17)18)10(2)16(9)7-5-11-4-6-14-15(11)3/h4,6,8H,5,7H2,1-3H3,(H,17,18). The summed E-state index contributed by atoms with van der Waals surface area (Å²) in [6.07, 6.45) is 2.61. The van der Waals surface area contributed by atoms with E-state index in [1.54, 1.807) is 12.3 Å². The molecule has 0 spiro atoms. The third-order valence-corrected chi connectivity index (χ3v) is 3.32. The van der Waals surface area contributed by atoms with E-state index >= 15 is 0 Å². The monoisotopic (exact) mass is 247 g/mol. The van der Waals surface area contributed by atoms with Gasteiger partial charge in [0, 0.05) is 43.3 Å². The molecule has 0 saturated heterocycles. The predicted octanol–water partition coefficient (Wildman–Crippen LogP) is 1.78. The molecule has 18 heavy (non-hydrogen) atoms. The van der Waals surface area contributed by atoms with Gasteiger partial charge < -0.3 is 9.67 Å². The Balaban J connectivity index is 2.20. The minimum absolute atomic E-state index is 0.387. The summed E-state index contributed by atoms with van der Waals surface area (Å²) in [4.78, 5) is 11.0. The fourth-order valence-corrected chi connectivity index (χ4v) is 2.23. The minimum atomic E-state index is -0.866. The van der Waals surface area contributed by atoms with E-state index in [1.807, 2.05) is 36.2 Å². The van der Waals surface area contributed by atoms with Gasteiger partial charge >= 0.3 is 5.97 Å². The van der Waals surface area contributed by atoms with E-state index < -0.39 is 5.97 Å². The maximum Gasteiger partial charge on any atom is 0.337 e. The number of carbonyl (C=O) groups is 1. The molecular weight excluding hydrogens is 230 g/mol. The first-order chi connectivity index (χ1) is 8.50. The molecule has 0 aliphatic rings. The number of aromatic nitrogens is 3. The lowest BCUT2D eigenvalue weighted by Gasteiger charge is -2.09. The van der Waals surface area contributed by atoms with Crippen molar-refractivity contribution in [3.8, 4) is 0 Å².